The Morgan fingerprint density at radius 2 is 1.93 bits per heavy atom. The second-order valence-electron chi connectivity index (χ2n) is 7.68. The molecule has 2 heterocycles. The molecule has 1 N–H and O–H groups in total. The van der Waals surface area contributed by atoms with Crippen molar-refractivity contribution < 1.29 is 13.9 Å². The van der Waals surface area contributed by atoms with E-state index in [9.17, 15) is 9.18 Å². The van der Waals surface area contributed by atoms with Gasteiger partial charge in [-0.25, -0.2) is 9.07 Å². The van der Waals surface area contributed by atoms with E-state index in [1.54, 1.807) is 16.9 Å². The number of amides is 1. The van der Waals surface area contributed by atoms with Crippen LogP contribution in [0.5, 0.6) is 0 Å². The molecule has 1 aromatic heterocycles. The van der Waals surface area contributed by atoms with E-state index in [2.05, 4.69) is 15.6 Å². The molecular formula is C23H25FN4O2. The van der Waals surface area contributed by atoms with Gasteiger partial charge in [-0.15, -0.1) is 5.10 Å². The third-order valence-corrected chi connectivity index (χ3v) is 5.37. The van der Waals surface area contributed by atoms with Crippen LogP contribution < -0.4 is 5.32 Å². The third kappa shape index (κ3) is 5.30. The number of ether oxygens (including phenoxy) is 1. The van der Waals surface area contributed by atoms with Crippen LogP contribution in [0.4, 0.5) is 4.39 Å². The maximum absolute atomic E-state index is 13.7. The predicted octanol–water partition coefficient (Wildman–Crippen LogP) is 2.92. The van der Waals surface area contributed by atoms with Crippen LogP contribution in [0.25, 0.3) is 0 Å². The minimum atomic E-state index is -0.305. The number of fused-ring (bicyclic) bond motifs is 1. The van der Waals surface area contributed by atoms with Crippen molar-refractivity contribution in [3.8, 4) is 0 Å². The molecule has 0 unspecified atom stereocenters. The zero-order valence-corrected chi connectivity index (χ0v) is 16.7. The molecule has 3 aromatic rings. The second-order valence-corrected chi connectivity index (χ2v) is 7.68. The Morgan fingerprint density at radius 3 is 2.77 bits per heavy atom. The minimum absolute atomic E-state index is 0.0487. The van der Waals surface area contributed by atoms with Crippen LogP contribution >= 0.6 is 0 Å². The molecule has 1 amide bonds. The number of carbonyl (C=O) groups is 1. The summed E-state index contributed by atoms with van der Waals surface area (Å²) in [6.07, 6.45) is 3.42. The smallest absolute Gasteiger partial charge is 0.223 e. The Balaban J connectivity index is 1.55. The first kappa shape index (κ1) is 20.2. The number of carbonyl (C=O) groups excluding carboxylic acids is 1. The van der Waals surface area contributed by atoms with Crippen molar-refractivity contribution in [3.05, 3.63) is 83.4 Å². The number of nitrogens with one attached hydrogen (secondary N) is 1. The Kier molecular flexibility index (Phi) is 6.49. The highest BCUT2D eigenvalue weighted by atomic mass is 19.1. The summed E-state index contributed by atoms with van der Waals surface area (Å²) in [6.45, 7) is 1.33. The predicted molar refractivity (Wildman–Crippen MR) is 110 cm³/mol. The largest absolute Gasteiger partial charge is 0.373 e. The molecule has 0 radical (unpaired) electrons. The highest BCUT2D eigenvalue weighted by Gasteiger charge is 2.24. The van der Waals surface area contributed by atoms with Gasteiger partial charge in [-0.05, 0) is 42.5 Å². The van der Waals surface area contributed by atoms with Gasteiger partial charge in [0.25, 0.3) is 0 Å². The van der Waals surface area contributed by atoms with Gasteiger partial charge in [0, 0.05) is 12.5 Å². The molecule has 0 fully saturated rings. The van der Waals surface area contributed by atoms with Gasteiger partial charge < -0.3 is 10.1 Å². The Morgan fingerprint density at radius 1 is 1.10 bits per heavy atom. The van der Waals surface area contributed by atoms with Gasteiger partial charge in [0.15, 0.2) is 0 Å². The van der Waals surface area contributed by atoms with Crippen molar-refractivity contribution in [2.75, 3.05) is 6.61 Å². The van der Waals surface area contributed by atoms with Crippen molar-refractivity contribution in [1.82, 2.24) is 20.3 Å². The lowest BCUT2D eigenvalue weighted by molar-refractivity contribution is -0.126. The zero-order chi connectivity index (χ0) is 20.8. The number of rotatable bonds is 4. The molecular weight excluding hydrogens is 383 g/mol. The summed E-state index contributed by atoms with van der Waals surface area (Å²) in [6, 6.07) is 16.3. The molecule has 2 aromatic carbocycles. The SMILES string of the molecule is O=C1N[C@@H](Cc2ccccc2)COCc2cnnn2CC[C@H]1Cc1cccc(F)c1. The molecule has 2 atom stereocenters. The summed E-state index contributed by atoms with van der Waals surface area (Å²) in [4.78, 5) is 13.2. The lowest BCUT2D eigenvalue weighted by atomic mass is 9.94. The molecule has 6 nitrogen and oxygen atoms in total. The van der Waals surface area contributed by atoms with Crippen molar-refractivity contribution in [2.24, 2.45) is 5.92 Å². The number of hydrogen-bond donors (Lipinski definition) is 1. The maximum Gasteiger partial charge on any atom is 0.223 e. The first-order chi connectivity index (χ1) is 14.7. The topological polar surface area (TPSA) is 69.0 Å². The van der Waals surface area contributed by atoms with Crippen molar-refractivity contribution >= 4 is 5.91 Å². The fourth-order valence-corrected chi connectivity index (χ4v) is 3.81. The molecule has 156 valence electrons. The van der Waals surface area contributed by atoms with E-state index in [4.69, 9.17) is 4.74 Å². The third-order valence-electron chi connectivity index (χ3n) is 5.37. The van der Waals surface area contributed by atoms with E-state index in [0.29, 0.717) is 39.0 Å². The average Bonchev–Trinajstić information content (AvgIpc) is 3.18. The number of halogens is 1. The van der Waals surface area contributed by atoms with E-state index in [0.717, 1.165) is 16.8 Å². The first-order valence-corrected chi connectivity index (χ1v) is 10.2. The quantitative estimate of drug-likeness (QED) is 0.721. The summed E-state index contributed by atoms with van der Waals surface area (Å²) in [5.74, 6) is -0.647. The second kappa shape index (κ2) is 9.63. The average molecular weight is 408 g/mol. The summed E-state index contributed by atoms with van der Waals surface area (Å²) in [7, 11) is 0. The van der Waals surface area contributed by atoms with Crippen LogP contribution in [-0.4, -0.2) is 33.5 Å². The summed E-state index contributed by atoms with van der Waals surface area (Å²) in [5, 5.41) is 11.3. The molecule has 7 heteroatoms. The Labute approximate surface area is 175 Å². The Bertz CT molecular complexity index is 976. The van der Waals surface area contributed by atoms with Gasteiger partial charge in [0.1, 0.15) is 5.82 Å². The van der Waals surface area contributed by atoms with E-state index in [-0.39, 0.29) is 23.7 Å². The number of hydrogen-bond acceptors (Lipinski definition) is 4. The molecule has 1 aliphatic rings. The summed E-state index contributed by atoms with van der Waals surface area (Å²) in [5.41, 5.74) is 2.82. The Hall–Kier alpha value is -3.06. The molecule has 0 spiro atoms. The normalized spacial score (nSPS) is 20.1. The van der Waals surface area contributed by atoms with E-state index < -0.39 is 0 Å². The number of nitrogens with zero attached hydrogens (tertiary/aromatic N) is 3. The molecule has 0 bridgehead atoms. The van der Waals surface area contributed by atoms with E-state index in [1.807, 2.05) is 36.4 Å². The van der Waals surface area contributed by atoms with Gasteiger partial charge in [-0.3, -0.25) is 4.79 Å². The van der Waals surface area contributed by atoms with Gasteiger partial charge in [-0.1, -0.05) is 47.7 Å². The van der Waals surface area contributed by atoms with Crippen LogP contribution in [0.2, 0.25) is 0 Å². The van der Waals surface area contributed by atoms with Crippen LogP contribution in [-0.2, 0) is 35.5 Å². The monoisotopic (exact) mass is 408 g/mol. The fourth-order valence-electron chi connectivity index (χ4n) is 3.81. The maximum atomic E-state index is 13.7. The molecule has 1 aliphatic heterocycles. The molecule has 0 aliphatic carbocycles. The van der Waals surface area contributed by atoms with Gasteiger partial charge in [-0.2, -0.15) is 0 Å². The van der Waals surface area contributed by atoms with Gasteiger partial charge in [0.05, 0.1) is 31.1 Å². The first-order valence-electron chi connectivity index (χ1n) is 10.2. The molecule has 4 rings (SSSR count). The standard InChI is InChI=1S/C23H25FN4O2/c24-20-8-4-7-18(12-20)11-19-9-10-28-22(14-25-27-28)16-30-15-21(26-23(19)29)13-17-5-2-1-3-6-17/h1-8,12,14,19,21H,9-11,13,15-16H2,(H,26,29)/t19-,21-/m0/s1. The minimum Gasteiger partial charge on any atom is -0.373 e. The lowest BCUT2D eigenvalue weighted by Gasteiger charge is -2.22. The number of aromatic nitrogens is 3. The number of aryl methyl sites for hydroxylation is 1. The van der Waals surface area contributed by atoms with Gasteiger partial charge >= 0.3 is 0 Å². The summed E-state index contributed by atoms with van der Waals surface area (Å²) < 4.78 is 21.3. The van der Waals surface area contributed by atoms with Crippen LogP contribution in [0.15, 0.2) is 60.8 Å². The van der Waals surface area contributed by atoms with E-state index in [1.165, 1.54) is 12.1 Å². The van der Waals surface area contributed by atoms with Crippen molar-refractivity contribution in [1.29, 1.82) is 0 Å². The lowest BCUT2D eigenvalue weighted by Crippen LogP contribution is -2.43. The highest BCUT2D eigenvalue weighted by Crippen LogP contribution is 2.17. The zero-order valence-electron chi connectivity index (χ0n) is 16.7. The van der Waals surface area contributed by atoms with Gasteiger partial charge in [0.2, 0.25) is 5.91 Å². The van der Waals surface area contributed by atoms with Crippen LogP contribution in [0, 0.1) is 11.7 Å². The van der Waals surface area contributed by atoms with Crippen molar-refractivity contribution in [3.63, 3.8) is 0 Å². The highest BCUT2D eigenvalue weighted by molar-refractivity contribution is 5.79. The van der Waals surface area contributed by atoms with Crippen LogP contribution in [0.3, 0.4) is 0 Å². The van der Waals surface area contributed by atoms with E-state index >= 15 is 0 Å². The fraction of sp³-hybridized carbons (Fsp3) is 0.348. The van der Waals surface area contributed by atoms with Crippen molar-refractivity contribution in [2.45, 2.75) is 38.5 Å². The number of benzene rings is 2. The molecule has 0 saturated carbocycles. The summed E-state index contributed by atoms with van der Waals surface area (Å²) >= 11 is 0. The van der Waals surface area contributed by atoms with Crippen LogP contribution in [0.1, 0.15) is 23.2 Å². The molecule has 30 heavy (non-hydrogen) atoms. The molecule has 0 saturated heterocycles.